The smallest absolute Gasteiger partial charge is 0.357 e. The number of aromatic hydroxyl groups is 1. The maximum absolute atomic E-state index is 12.9. The zero-order valence-electron chi connectivity index (χ0n) is 16.9. The highest BCUT2D eigenvalue weighted by Crippen LogP contribution is 2.31. The van der Waals surface area contributed by atoms with Gasteiger partial charge in [0.2, 0.25) is 10.0 Å². The van der Waals surface area contributed by atoms with E-state index in [4.69, 9.17) is 10.9 Å². The topological polar surface area (TPSA) is 208 Å². The van der Waals surface area contributed by atoms with E-state index in [9.17, 15) is 32.0 Å². The van der Waals surface area contributed by atoms with Gasteiger partial charge in [-0.25, -0.2) is 26.8 Å². The average molecular weight is 492 g/mol. The van der Waals surface area contributed by atoms with Gasteiger partial charge < -0.3 is 20.1 Å². The van der Waals surface area contributed by atoms with E-state index in [1.165, 1.54) is 18.2 Å². The maximum atomic E-state index is 12.9. The van der Waals surface area contributed by atoms with Crippen LogP contribution in [0.5, 0.6) is 5.75 Å². The van der Waals surface area contributed by atoms with Gasteiger partial charge in [-0.3, -0.25) is 4.72 Å². The van der Waals surface area contributed by atoms with E-state index in [-0.39, 0.29) is 38.1 Å². The van der Waals surface area contributed by atoms with Crippen molar-refractivity contribution in [3.05, 3.63) is 59.9 Å². The second kappa shape index (κ2) is 8.47. The Balaban J connectivity index is 2.11. The maximum Gasteiger partial charge on any atom is 0.357 e. The number of nitriles is 1. The minimum atomic E-state index is -4.29. The van der Waals surface area contributed by atoms with Gasteiger partial charge in [0, 0.05) is 6.20 Å². The molecule has 1 heterocycles. The van der Waals surface area contributed by atoms with Crippen LogP contribution in [0.4, 0.5) is 11.4 Å². The summed E-state index contributed by atoms with van der Waals surface area (Å²) in [4.78, 5) is 11.5. The van der Waals surface area contributed by atoms with Crippen LogP contribution in [-0.2, 0) is 24.8 Å². The van der Waals surface area contributed by atoms with E-state index in [0.29, 0.717) is 0 Å². The molecular weight excluding hydrogens is 474 g/mol. The molecule has 3 rings (SSSR count). The first-order valence-corrected chi connectivity index (χ1v) is 11.9. The molecule has 6 N–H and O–H groups in total. The number of benzene rings is 2. The summed E-state index contributed by atoms with van der Waals surface area (Å²) in [6.07, 6.45) is 1.15. The van der Waals surface area contributed by atoms with Crippen molar-refractivity contribution in [2.75, 3.05) is 17.6 Å². The molecule has 0 spiro atoms. The van der Waals surface area contributed by atoms with Crippen LogP contribution in [0.1, 0.15) is 16.1 Å². The summed E-state index contributed by atoms with van der Waals surface area (Å²) in [6, 6.07) is 9.83. The third-order valence-electron chi connectivity index (χ3n) is 4.48. The number of hydrogen-bond donors (Lipinski definition) is 4. The Morgan fingerprint density at radius 2 is 1.85 bits per heavy atom. The first-order chi connectivity index (χ1) is 15.4. The van der Waals surface area contributed by atoms with Crippen molar-refractivity contribution in [1.29, 1.82) is 5.26 Å². The summed E-state index contributed by atoms with van der Waals surface area (Å²) in [5.74, 6) is -1.34. The highest BCUT2D eigenvalue weighted by molar-refractivity contribution is 7.92. The van der Waals surface area contributed by atoms with Crippen LogP contribution < -0.4 is 15.6 Å². The van der Waals surface area contributed by atoms with Gasteiger partial charge in [0.05, 0.1) is 39.5 Å². The molecule has 0 saturated heterocycles. The highest BCUT2D eigenvalue weighted by atomic mass is 32.2. The molecule has 0 amide bonds. The van der Waals surface area contributed by atoms with Crippen LogP contribution >= 0.6 is 0 Å². The number of carbonyl (C=O) groups excluding carboxylic acids is 1. The lowest BCUT2D eigenvalue weighted by Gasteiger charge is -2.13. The lowest BCUT2D eigenvalue weighted by Crippen LogP contribution is -2.16. The zero-order valence-corrected chi connectivity index (χ0v) is 18.5. The monoisotopic (exact) mass is 491 g/mol. The Morgan fingerprint density at radius 1 is 1.15 bits per heavy atom. The molecule has 0 unspecified atom stereocenters. The molecule has 0 fully saturated rings. The molecule has 2 aromatic carbocycles. The minimum absolute atomic E-state index is 0.0802. The fourth-order valence-corrected chi connectivity index (χ4v) is 4.55. The van der Waals surface area contributed by atoms with E-state index < -0.39 is 31.8 Å². The molecule has 0 bridgehead atoms. The van der Waals surface area contributed by atoms with Crippen LogP contribution in [-0.4, -0.2) is 39.6 Å². The number of hydrogen-bond acceptors (Lipinski definition) is 9. The van der Waals surface area contributed by atoms with Crippen LogP contribution in [0.3, 0.4) is 0 Å². The van der Waals surface area contributed by atoms with Crippen molar-refractivity contribution in [2.45, 2.75) is 9.79 Å². The normalized spacial score (nSPS) is 11.5. The molecule has 0 saturated carbocycles. The van der Waals surface area contributed by atoms with E-state index in [0.717, 1.165) is 42.1 Å². The predicted octanol–water partition coefficient (Wildman–Crippen LogP) is 0.872. The molecule has 33 heavy (non-hydrogen) atoms. The molecule has 0 aliphatic rings. The summed E-state index contributed by atoms with van der Waals surface area (Å²) >= 11 is 0. The van der Waals surface area contributed by atoms with Crippen molar-refractivity contribution in [3.8, 4) is 17.5 Å². The zero-order chi connectivity index (χ0) is 24.6. The molecule has 1 aromatic heterocycles. The van der Waals surface area contributed by atoms with Gasteiger partial charge in [-0.05, 0) is 36.4 Å². The molecule has 0 aliphatic heterocycles. The second-order valence-corrected chi connectivity index (χ2v) is 9.85. The number of nitrogen functional groups attached to an aromatic ring is 1. The second-order valence-electron chi connectivity index (χ2n) is 6.61. The number of carbonyl (C=O) groups is 1. The van der Waals surface area contributed by atoms with E-state index in [1.54, 1.807) is 6.07 Å². The molecule has 3 aromatic rings. The van der Waals surface area contributed by atoms with Gasteiger partial charge in [0.15, 0.2) is 5.69 Å². The molecule has 0 aliphatic carbocycles. The van der Waals surface area contributed by atoms with Crippen molar-refractivity contribution >= 4 is 37.4 Å². The van der Waals surface area contributed by atoms with E-state index in [1.807, 2.05) is 0 Å². The number of nitrogens with two attached hydrogens (primary N) is 2. The van der Waals surface area contributed by atoms with E-state index >= 15 is 0 Å². The SMILES string of the molecule is COC(=O)c1c(N)c(C#N)cn1-c1cc(S(=O)(=O)Nc2cccc(S(N)(=O)=O)c2)ccc1O. The Bertz CT molecular complexity index is 1520. The molecule has 14 heteroatoms. The summed E-state index contributed by atoms with van der Waals surface area (Å²) in [5, 5.41) is 24.6. The quantitative estimate of drug-likeness (QED) is 0.360. The van der Waals surface area contributed by atoms with Crippen LogP contribution in [0, 0.1) is 11.3 Å². The first-order valence-electron chi connectivity index (χ1n) is 8.87. The lowest BCUT2D eigenvalue weighted by atomic mass is 10.2. The fourth-order valence-electron chi connectivity index (χ4n) is 2.92. The number of esters is 1. The molecule has 12 nitrogen and oxygen atoms in total. The predicted molar refractivity (Wildman–Crippen MR) is 117 cm³/mol. The van der Waals surface area contributed by atoms with Crippen molar-refractivity contribution in [1.82, 2.24) is 4.57 Å². The molecule has 0 atom stereocenters. The third-order valence-corrected chi connectivity index (χ3v) is 6.77. The number of aromatic nitrogens is 1. The number of anilines is 2. The third kappa shape index (κ3) is 4.60. The van der Waals surface area contributed by atoms with Crippen LogP contribution in [0.15, 0.2) is 58.5 Å². The van der Waals surface area contributed by atoms with Crippen molar-refractivity contribution in [2.24, 2.45) is 5.14 Å². The average Bonchev–Trinajstić information content (AvgIpc) is 3.08. The number of nitrogens with one attached hydrogen (secondary N) is 1. The number of ether oxygens (including phenoxy) is 1. The number of phenols is 1. The number of sulfonamides is 2. The van der Waals surface area contributed by atoms with Crippen LogP contribution in [0.25, 0.3) is 5.69 Å². The number of primary sulfonamides is 1. The molecule has 0 radical (unpaired) electrons. The Kier molecular flexibility index (Phi) is 6.05. The van der Waals surface area contributed by atoms with Gasteiger partial charge >= 0.3 is 5.97 Å². The van der Waals surface area contributed by atoms with Crippen molar-refractivity contribution < 1.29 is 31.5 Å². The summed E-state index contributed by atoms with van der Waals surface area (Å²) in [7, 11) is -7.27. The molecular formula is C19H17N5O7S2. The summed E-state index contributed by atoms with van der Waals surface area (Å²) in [6.45, 7) is 0. The summed E-state index contributed by atoms with van der Waals surface area (Å²) < 4.78 is 56.8. The Labute approximate surface area is 188 Å². The van der Waals surface area contributed by atoms with Gasteiger partial charge in [0.1, 0.15) is 11.8 Å². The standard InChI is InChI=1S/C19H17N5O7S2/c1-31-19(26)18-17(21)11(9-20)10-24(18)15-8-14(5-6-16(15)25)33(29,30)23-12-3-2-4-13(7-12)32(22,27)28/h2-8,10,23,25H,21H2,1H3,(H2,22,27,28). The Hall–Kier alpha value is -4.06. The molecule has 172 valence electrons. The number of rotatable bonds is 6. The summed E-state index contributed by atoms with van der Waals surface area (Å²) in [5.41, 5.74) is 4.99. The number of nitrogens with zero attached hydrogens (tertiary/aromatic N) is 2. The first kappa shape index (κ1) is 23.6. The number of methoxy groups -OCH3 is 1. The Morgan fingerprint density at radius 3 is 2.45 bits per heavy atom. The minimum Gasteiger partial charge on any atom is -0.506 e. The van der Waals surface area contributed by atoms with Crippen LogP contribution in [0.2, 0.25) is 0 Å². The highest BCUT2D eigenvalue weighted by Gasteiger charge is 2.25. The lowest BCUT2D eigenvalue weighted by molar-refractivity contribution is 0.0593. The van der Waals surface area contributed by atoms with Gasteiger partial charge in [-0.2, -0.15) is 5.26 Å². The van der Waals surface area contributed by atoms with E-state index in [2.05, 4.69) is 9.46 Å². The fraction of sp³-hybridized carbons (Fsp3) is 0.0526. The van der Waals surface area contributed by atoms with Gasteiger partial charge in [-0.15, -0.1) is 0 Å². The van der Waals surface area contributed by atoms with Crippen molar-refractivity contribution in [3.63, 3.8) is 0 Å². The van der Waals surface area contributed by atoms with Gasteiger partial charge in [-0.1, -0.05) is 6.07 Å². The number of phenolic OH excluding ortho intramolecular Hbond substituents is 1. The van der Waals surface area contributed by atoms with Gasteiger partial charge in [0.25, 0.3) is 10.0 Å². The largest absolute Gasteiger partial charge is 0.506 e.